The third kappa shape index (κ3) is 3.90. The van der Waals surface area contributed by atoms with Crippen LogP contribution in [0.3, 0.4) is 0 Å². The molecule has 0 amide bonds. The molecule has 0 radical (unpaired) electrons. The highest BCUT2D eigenvalue weighted by Gasteiger charge is 2.18. The van der Waals surface area contributed by atoms with Crippen LogP contribution in [0, 0.1) is 19.8 Å². The molecular weight excluding hydrogens is 374 g/mol. The number of aromatic nitrogens is 3. The Labute approximate surface area is 168 Å². The van der Waals surface area contributed by atoms with Crippen molar-refractivity contribution < 1.29 is 4.74 Å². The molecule has 0 aliphatic heterocycles. The second-order valence-corrected chi connectivity index (χ2v) is 9.07. The lowest BCUT2D eigenvalue weighted by Crippen LogP contribution is -2.27. The Morgan fingerprint density at radius 2 is 1.93 bits per heavy atom. The highest BCUT2D eigenvalue weighted by Crippen LogP contribution is 2.27. The zero-order valence-electron chi connectivity index (χ0n) is 17.3. The highest BCUT2D eigenvalue weighted by atomic mass is 32.1. The van der Waals surface area contributed by atoms with Gasteiger partial charge in [-0.2, -0.15) is 0 Å². The van der Waals surface area contributed by atoms with E-state index in [1.54, 1.807) is 22.1 Å². The van der Waals surface area contributed by atoms with E-state index in [-0.39, 0.29) is 23.5 Å². The highest BCUT2D eigenvalue weighted by molar-refractivity contribution is 7.18. The van der Waals surface area contributed by atoms with Crippen LogP contribution < -0.4 is 15.7 Å². The van der Waals surface area contributed by atoms with Gasteiger partial charge in [-0.3, -0.25) is 14.2 Å². The summed E-state index contributed by atoms with van der Waals surface area (Å²) in [6.45, 7) is 12.8. The molecule has 0 saturated heterocycles. The molecule has 3 heterocycles. The van der Waals surface area contributed by atoms with Gasteiger partial charge in [0, 0.05) is 28.8 Å². The standard InChI is InChI=1S/C21H27N3O3S/c1-11(2)10-27-17-8-22-15(7-16(17)25)9-24-19(12(3)4)23-20-18(21(24)26)13(5)14(6)28-20/h7-8,11-12H,9-10H2,1-6H3,(H,22,25). The van der Waals surface area contributed by atoms with Crippen LogP contribution in [0.2, 0.25) is 0 Å². The Kier molecular flexibility index (Phi) is 5.74. The van der Waals surface area contributed by atoms with Crippen molar-refractivity contribution in [3.8, 4) is 5.75 Å². The molecule has 0 fully saturated rings. The number of nitrogens with one attached hydrogen (secondary N) is 1. The number of nitrogens with zero attached hydrogens (tertiary/aromatic N) is 2. The second kappa shape index (κ2) is 7.91. The fourth-order valence-corrected chi connectivity index (χ4v) is 4.09. The largest absolute Gasteiger partial charge is 0.488 e. The summed E-state index contributed by atoms with van der Waals surface area (Å²) in [7, 11) is 0. The van der Waals surface area contributed by atoms with Crippen LogP contribution in [0.15, 0.2) is 21.9 Å². The van der Waals surface area contributed by atoms with Crippen LogP contribution in [0.1, 0.15) is 55.6 Å². The first-order chi connectivity index (χ1) is 13.2. The molecule has 0 atom stereocenters. The Morgan fingerprint density at radius 3 is 2.54 bits per heavy atom. The van der Waals surface area contributed by atoms with Crippen LogP contribution in [0.4, 0.5) is 0 Å². The molecule has 0 aliphatic rings. The summed E-state index contributed by atoms with van der Waals surface area (Å²) in [5, 5.41) is 0.672. The third-order valence-corrected chi connectivity index (χ3v) is 5.77. The molecule has 28 heavy (non-hydrogen) atoms. The average Bonchev–Trinajstić information content (AvgIpc) is 2.90. The Morgan fingerprint density at radius 1 is 1.21 bits per heavy atom. The van der Waals surface area contributed by atoms with E-state index in [4.69, 9.17) is 9.72 Å². The number of rotatable bonds is 6. The van der Waals surface area contributed by atoms with Crippen molar-refractivity contribution in [3.63, 3.8) is 0 Å². The maximum absolute atomic E-state index is 13.2. The number of aryl methyl sites for hydroxylation is 2. The van der Waals surface area contributed by atoms with Gasteiger partial charge in [-0.1, -0.05) is 27.7 Å². The normalized spacial score (nSPS) is 11.7. The van der Waals surface area contributed by atoms with Crippen LogP contribution in [-0.2, 0) is 6.54 Å². The lowest BCUT2D eigenvalue weighted by molar-refractivity contribution is 0.267. The predicted molar refractivity (Wildman–Crippen MR) is 114 cm³/mol. The number of hydrogen-bond donors (Lipinski definition) is 1. The number of fused-ring (bicyclic) bond motifs is 1. The van der Waals surface area contributed by atoms with Gasteiger partial charge in [0.15, 0.2) is 5.75 Å². The van der Waals surface area contributed by atoms with E-state index in [1.807, 2.05) is 41.5 Å². The minimum atomic E-state index is -0.190. The number of hydrogen-bond acceptors (Lipinski definition) is 5. The lowest BCUT2D eigenvalue weighted by atomic mass is 10.1. The van der Waals surface area contributed by atoms with Gasteiger partial charge in [0.2, 0.25) is 5.43 Å². The fourth-order valence-electron chi connectivity index (χ4n) is 3.07. The van der Waals surface area contributed by atoms with Crippen molar-refractivity contribution in [3.05, 3.63) is 54.8 Å². The molecule has 3 rings (SSSR count). The predicted octanol–water partition coefficient (Wildman–Crippen LogP) is 3.97. The molecule has 3 aromatic rings. The Balaban J connectivity index is 2.04. The third-order valence-electron chi connectivity index (χ3n) is 4.67. The molecule has 150 valence electrons. The first-order valence-corrected chi connectivity index (χ1v) is 10.4. The maximum atomic E-state index is 13.2. The van der Waals surface area contributed by atoms with Gasteiger partial charge in [0.1, 0.15) is 10.7 Å². The first-order valence-electron chi connectivity index (χ1n) is 9.53. The molecule has 0 bridgehead atoms. The first kappa shape index (κ1) is 20.3. The summed E-state index contributed by atoms with van der Waals surface area (Å²) in [5.74, 6) is 1.44. The van der Waals surface area contributed by atoms with E-state index < -0.39 is 0 Å². The van der Waals surface area contributed by atoms with Gasteiger partial charge in [-0.25, -0.2) is 4.98 Å². The van der Waals surface area contributed by atoms with Crippen LogP contribution >= 0.6 is 11.3 Å². The summed E-state index contributed by atoms with van der Waals surface area (Å²) in [5.41, 5.74) is 1.38. The maximum Gasteiger partial charge on any atom is 0.262 e. The molecule has 0 spiro atoms. The lowest BCUT2D eigenvalue weighted by Gasteiger charge is -2.15. The van der Waals surface area contributed by atoms with Gasteiger partial charge in [0.05, 0.1) is 18.5 Å². The molecule has 0 unspecified atom stereocenters. The fraction of sp³-hybridized carbons (Fsp3) is 0.476. The minimum Gasteiger partial charge on any atom is -0.488 e. The van der Waals surface area contributed by atoms with Crippen molar-refractivity contribution in [2.75, 3.05) is 6.61 Å². The zero-order chi connectivity index (χ0) is 20.6. The molecule has 0 saturated carbocycles. The van der Waals surface area contributed by atoms with E-state index in [0.717, 1.165) is 21.1 Å². The van der Waals surface area contributed by atoms with Gasteiger partial charge in [0.25, 0.3) is 5.56 Å². The molecular formula is C21H27N3O3S. The van der Waals surface area contributed by atoms with E-state index in [0.29, 0.717) is 29.4 Å². The van der Waals surface area contributed by atoms with Crippen molar-refractivity contribution >= 4 is 21.6 Å². The summed E-state index contributed by atoms with van der Waals surface area (Å²) in [6.07, 6.45) is 1.58. The van der Waals surface area contributed by atoms with Crippen LogP contribution in [0.25, 0.3) is 10.2 Å². The Bertz CT molecular complexity index is 1120. The van der Waals surface area contributed by atoms with E-state index >= 15 is 0 Å². The smallest absolute Gasteiger partial charge is 0.262 e. The number of ether oxygens (including phenoxy) is 1. The van der Waals surface area contributed by atoms with Crippen molar-refractivity contribution in [1.29, 1.82) is 0 Å². The number of aromatic amines is 1. The van der Waals surface area contributed by atoms with E-state index in [9.17, 15) is 9.59 Å². The summed E-state index contributed by atoms with van der Waals surface area (Å²) < 4.78 is 7.21. The molecule has 0 aliphatic carbocycles. The Hall–Kier alpha value is -2.41. The van der Waals surface area contributed by atoms with E-state index in [2.05, 4.69) is 4.98 Å². The topological polar surface area (TPSA) is 77.0 Å². The second-order valence-electron chi connectivity index (χ2n) is 7.87. The number of thiophene rings is 1. The average molecular weight is 402 g/mol. The summed E-state index contributed by atoms with van der Waals surface area (Å²) >= 11 is 1.55. The van der Waals surface area contributed by atoms with Crippen LogP contribution in [0.5, 0.6) is 5.75 Å². The van der Waals surface area contributed by atoms with Gasteiger partial charge in [-0.05, 0) is 25.3 Å². The number of H-pyrrole nitrogens is 1. The molecule has 1 N–H and O–H groups in total. The zero-order valence-corrected chi connectivity index (χ0v) is 18.1. The van der Waals surface area contributed by atoms with Crippen molar-refractivity contribution in [2.24, 2.45) is 5.92 Å². The molecule has 6 nitrogen and oxygen atoms in total. The SMILES string of the molecule is Cc1sc2nc(C(C)C)n(Cc3cc(=O)c(OCC(C)C)c[nH]3)c(=O)c2c1C. The quantitative estimate of drug-likeness (QED) is 0.678. The van der Waals surface area contributed by atoms with E-state index in [1.165, 1.54) is 6.07 Å². The van der Waals surface area contributed by atoms with Gasteiger partial charge < -0.3 is 9.72 Å². The van der Waals surface area contributed by atoms with Gasteiger partial charge >= 0.3 is 0 Å². The molecule has 7 heteroatoms. The minimum absolute atomic E-state index is 0.0588. The monoisotopic (exact) mass is 401 g/mol. The summed E-state index contributed by atoms with van der Waals surface area (Å²) in [6, 6.07) is 1.50. The van der Waals surface area contributed by atoms with Crippen molar-refractivity contribution in [2.45, 2.75) is 54.0 Å². The molecule has 0 aromatic carbocycles. The number of pyridine rings is 1. The van der Waals surface area contributed by atoms with Crippen LogP contribution in [-0.4, -0.2) is 21.1 Å². The molecule has 3 aromatic heterocycles. The van der Waals surface area contributed by atoms with Crippen molar-refractivity contribution in [1.82, 2.24) is 14.5 Å². The summed E-state index contributed by atoms with van der Waals surface area (Å²) in [4.78, 5) is 35.4. The van der Waals surface area contributed by atoms with Gasteiger partial charge in [-0.15, -0.1) is 11.3 Å².